The summed E-state index contributed by atoms with van der Waals surface area (Å²) in [4.78, 5) is 2.60. The molecule has 1 saturated heterocycles. The standard InChI is InChI=1S/C29H32F4N4O2S2/c1-37-14-12-23(22(30)17-37)36-25-6-3-5-20-21(16-29(31,32)33)27(40-28(20)25)7-4-13-35-24-11-10-19(41(2,34)38)15-26(24)39-18-8-9-18/h3,5-6,10-11,15,18,22-23,34-36H,8-9,12-14,16-17H2,1-2H3/t22-,23+,41?/m0/s1. The van der Waals surface area contributed by atoms with Gasteiger partial charge >= 0.3 is 6.18 Å². The number of fused-ring (bicyclic) bond motifs is 1. The second-order valence-corrected chi connectivity index (χ2v) is 13.9. The lowest BCUT2D eigenvalue weighted by Gasteiger charge is -2.33. The first-order valence-corrected chi connectivity index (χ1v) is 16.1. The molecule has 3 N–H and O–H groups in total. The number of piperidine rings is 1. The summed E-state index contributed by atoms with van der Waals surface area (Å²) >= 11 is 1.18. The SMILES string of the molecule is CN1CC[C@@H](Nc2cccc3c(CC(F)(F)F)c(C#CCNc4ccc(S(C)(=N)=O)cc4OC4CC4)sc23)[C@@H](F)C1. The minimum Gasteiger partial charge on any atom is -0.488 e. The zero-order chi connectivity index (χ0) is 29.4. The molecule has 1 aliphatic carbocycles. The van der Waals surface area contributed by atoms with Gasteiger partial charge in [0.1, 0.15) is 11.9 Å². The number of thiophene rings is 1. The van der Waals surface area contributed by atoms with E-state index in [2.05, 4.69) is 22.5 Å². The van der Waals surface area contributed by atoms with Crippen molar-refractivity contribution in [3.63, 3.8) is 0 Å². The molecule has 3 aromatic rings. The van der Waals surface area contributed by atoms with E-state index in [1.54, 1.807) is 36.4 Å². The van der Waals surface area contributed by atoms with Gasteiger partial charge in [0, 0.05) is 19.3 Å². The number of nitrogens with one attached hydrogen (secondary N) is 3. The van der Waals surface area contributed by atoms with Crippen molar-refractivity contribution in [2.24, 2.45) is 0 Å². The highest BCUT2D eigenvalue weighted by Gasteiger charge is 2.32. The Hall–Kier alpha value is -3.01. The number of hydrogen-bond acceptors (Lipinski definition) is 7. The third kappa shape index (κ3) is 7.45. The highest BCUT2D eigenvalue weighted by molar-refractivity contribution is 7.91. The third-order valence-corrected chi connectivity index (χ3v) is 9.42. The summed E-state index contributed by atoms with van der Waals surface area (Å²) < 4.78 is 82.1. The largest absolute Gasteiger partial charge is 0.488 e. The van der Waals surface area contributed by atoms with Gasteiger partial charge in [-0.2, -0.15) is 13.2 Å². The van der Waals surface area contributed by atoms with Gasteiger partial charge in [-0.05, 0) is 61.5 Å². The molecule has 1 aliphatic heterocycles. The summed E-state index contributed by atoms with van der Waals surface area (Å²) in [6, 6.07) is 9.57. The lowest BCUT2D eigenvalue weighted by atomic mass is 10.0. The summed E-state index contributed by atoms with van der Waals surface area (Å²) in [6.07, 6.45) is -2.77. The van der Waals surface area contributed by atoms with Crippen LogP contribution in [0, 0.1) is 16.6 Å². The van der Waals surface area contributed by atoms with E-state index in [0.29, 0.717) is 49.9 Å². The van der Waals surface area contributed by atoms with Crippen LogP contribution in [0.15, 0.2) is 41.3 Å². The average molecular weight is 609 g/mol. The van der Waals surface area contributed by atoms with Crippen LogP contribution in [-0.2, 0) is 16.1 Å². The first-order chi connectivity index (χ1) is 19.4. The molecule has 1 aromatic heterocycles. The van der Waals surface area contributed by atoms with Gasteiger partial charge < -0.3 is 20.3 Å². The average Bonchev–Trinajstić information content (AvgIpc) is 3.64. The highest BCUT2D eigenvalue weighted by Crippen LogP contribution is 2.40. The van der Waals surface area contributed by atoms with Gasteiger partial charge in [-0.3, -0.25) is 0 Å². The maximum atomic E-state index is 14.7. The van der Waals surface area contributed by atoms with Crippen molar-refractivity contribution in [1.29, 1.82) is 4.78 Å². The molecule has 0 bridgehead atoms. The molecule has 0 spiro atoms. The predicted octanol–water partition coefficient (Wildman–Crippen LogP) is 6.50. The van der Waals surface area contributed by atoms with Crippen LogP contribution in [0.1, 0.15) is 29.7 Å². The molecule has 41 heavy (non-hydrogen) atoms. The number of anilines is 2. The van der Waals surface area contributed by atoms with Gasteiger partial charge in [0.15, 0.2) is 0 Å². The van der Waals surface area contributed by atoms with Crippen molar-refractivity contribution >= 4 is 42.5 Å². The minimum atomic E-state index is -4.42. The van der Waals surface area contributed by atoms with Gasteiger partial charge in [-0.15, -0.1) is 11.3 Å². The lowest BCUT2D eigenvalue weighted by Crippen LogP contribution is -2.46. The number of likely N-dealkylation sites (tertiary alicyclic amines) is 1. The number of rotatable bonds is 8. The number of benzene rings is 2. The van der Waals surface area contributed by atoms with E-state index in [1.165, 1.54) is 17.6 Å². The monoisotopic (exact) mass is 608 g/mol. The zero-order valence-corrected chi connectivity index (χ0v) is 24.4. The summed E-state index contributed by atoms with van der Waals surface area (Å²) in [7, 11) is -1.06. The molecule has 1 unspecified atom stereocenters. The van der Waals surface area contributed by atoms with Crippen molar-refractivity contribution in [2.75, 3.05) is 43.6 Å². The molecule has 2 aliphatic rings. The molecule has 2 fully saturated rings. The van der Waals surface area contributed by atoms with E-state index < -0.39 is 34.5 Å². The van der Waals surface area contributed by atoms with Gasteiger partial charge in [-0.1, -0.05) is 24.0 Å². The Morgan fingerprint density at radius 2 is 1.98 bits per heavy atom. The minimum absolute atomic E-state index is 0.0731. The second kappa shape index (κ2) is 11.7. The fraction of sp³-hybridized carbons (Fsp3) is 0.448. The van der Waals surface area contributed by atoms with Crippen LogP contribution >= 0.6 is 11.3 Å². The third-order valence-electron chi connectivity index (χ3n) is 7.07. The Balaban J connectivity index is 1.40. The number of halogens is 4. The van der Waals surface area contributed by atoms with Crippen LogP contribution < -0.4 is 15.4 Å². The van der Waals surface area contributed by atoms with E-state index in [0.717, 1.165) is 19.4 Å². The topological polar surface area (TPSA) is 77.5 Å². The fourth-order valence-corrected chi connectivity index (χ4v) is 6.63. The van der Waals surface area contributed by atoms with Crippen molar-refractivity contribution in [3.05, 3.63) is 46.8 Å². The molecule has 2 aromatic carbocycles. The van der Waals surface area contributed by atoms with Crippen LogP contribution in [0.4, 0.5) is 28.9 Å². The van der Waals surface area contributed by atoms with Gasteiger partial charge in [0.2, 0.25) is 0 Å². The normalized spacial score (nSPS) is 21.1. The molecule has 6 nitrogen and oxygen atoms in total. The maximum Gasteiger partial charge on any atom is 0.393 e. The summed E-state index contributed by atoms with van der Waals surface area (Å²) in [6.45, 7) is 1.17. The quantitative estimate of drug-likeness (QED) is 0.201. The lowest BCUT2D eigenvalue weighted by molar-refractivity contribution is -0.126. The van der Waals surface area contributed by atoms with Crippen molar-refractivity contribution in [2.45, 2.75) is 55.1 Å². The van der Waals surface area contributed by atoms with Crippen LogP contribution in [0.2, 0.25) is 0 Å². The Morgan fingerprint density at radius 3 is 2.66 bits per heavy atom. The van der Waals surface area contributed by atoms with E-state index in [4.69, 9.17) is 9.52 Å². The maximum absolute atomic E-state index is 14.7. The molecule has 12 heteroatoms. The second-order valence-electron chi connectivity index (χ2n) is 10.7. The predicted molar refractivity (Wildman–Crippen MR) is 157 cm³/mol. The van der Waals surface area contributed by atoms with E-state index in [9.17, 15) is 21.8 Å². The molecular formula is C29H32F4N4O2S2. The summed E-state index contributed by atoms with van der Waals surface area (Å²) in [5.41, 5.74) is 1.34. The van der Waals surface area contributed by atoms with Gasteiger partial charge in [0.05, 0.1) is 60.7 Å². The van der Waals surface area contributed by atoms with Crippen LogP contribution in [0.5, 0.6) is 5.75 Å². The van der Waals surface area contributed by atoms with Crippen LogP contribution in [0.25, 0.3) is 10.1 Å². The first-order valence-electron chi connectivity index (χ1n) is 13.3. The highest BCUT2D eigenvalue weighted by atomic mass is 32.2. The molecule has 3 atom stereocenters. The molecule has 1 saturated carbocycles. The first kappa shape index (κ1) is 29.5. The van der Waals surface area contributed by atoms with Crippen molar-refractivity contribution in [3.8, 4) is 17.6 Å². The van der Waals surface area contributed by atoms with Crippen molar-refractivity contribution in [1.82, 2.24) is 4.90 Å². The molecule has 220 valence electrons. The van der Waals surface area contributed by atoms with Gasteiger partial charge in [0.25, 0.3) is 0 Å². The van der Waals surface area contributed by atoms with E-state index in [-0.39, 0.29) is 18.2 Å². The van der Waals surface area contributed by atoms with Crippen LogP contribution in [0.3, 0.4) is 0 Å². The fourth-order valence-electron chi connectivity index (χ4n) is 4.80. The Kier molecular flexibility index (Phi) is 8.41. The van der Waals surface area contributed by atoms with Crippen LogP contribution in [-0.4, -0.2) is 66.5 Å². The molecular weight excluding hydrogens is 576 g/mol. The number of alkyl halides is 4. The summed E-state index contributed by atoms with van der Waals surface area (Å²) in [5.74, 6) is 6.34. The molecule has 5 rings (SSSR count). The Morgan fingerprint density at radius 1 is 1.20 bits per heavy atom. The van der Waals surface area contributed by atoms with Crippen molar-refractivity contribution < 1.29 is 26.5 Å². The number of hydrogen-bond donors (Lipinski definition) is 3. The molecule has 0 radical (unpaired) electrons. The Bertz CT molecular complexity index is 1590. The van der Waals surface area contributed by atoms with E-state index >= 15 is 0 Å². The number of ether oxygens (including phenoxy) is 1. The van der Waals surface area contributed by atoms with E-state index in [1.807, 2.05) is 11.9 Å². The molecule has 2 heterocycles. The zero-order valence-electron chi connectivity index (χ0n) is 22.7. The molecule has 0 amide bonds. The smallest absolute Gasteiger partial charge is 0.393 e. The Labute approximate surface area is 241 Å². The summed E-state index contributed by atoms with van der Waals surface area (Å²) in [5, 5.41) is 6.85. The number of nitrogens with zero attached hydrogens (tertiary/aromatic N) is 1. The van der Waals surface area contributed by atoms with Gasteiger partial charge in [-0.25, -0.2) is 13.4 Å².